The summed E-state index contributed by atoms with van der Waals surface area (Å²) in [6.07, 6.45) is 2.76. The van der Waals surface area contributed by atoms with Gasteiger partial charge in [-0.05, 0) is 12.8 Å². The van der Waals surface area contributed by atoms with E-state index < -0.39 is 0 Å². The smallest absolute Gasteiger partial charge is 0.276 e. The quantitative estimate of drug-likeness (QED) is 0.845. The number of hydrogen-bond donors (Lipinski definition) is 2. The van der Waals surface area contributed by atoms with E-state index in [4.69, 9.17) is 5.73 Å². The molecule has 0 unspecified atom stereocenters. The summed E-state index contributed by atoms with van der Waals surface area (Å²) in [5.74, 6) is 1.60. The molecule has 1 aliphatic heterocycles. The van der Waals surface area contributed by atoms with E-state index in [0.717, 1.165) is 36.7 Å². The van der Waals surface area contributed by atoms with Gasteiger partial charge in [0.05, 0.1) is 17.9 Å². The first kappa shape index (κ1) is 13.6. The van der Waals surface area contributed by atoms with Crippen LogP contribution in [-0.2, 0) is 25.9 Å². The Morgan fingerprint density at radius 3 is 3.00 bits per heavy atom. The first-order valence-corrected chi connectivity index (χ1v) is 7.11. The summed E-state index contributed by atoms with van der Waals surface area (Å²) < 4.78 is 2.08. The molecule has 0 saturated heterocycles. The summed E-state index contributed by atoms with van der Waals surface area (Å²) in [4.78, 5) is 14.0. The number of aromatic nitrogens is 5. The normalized spacial score (nSPS) is 13.4. The Balaban J connectivity index is 1.76. The molecule has 0 spiro atoms. The minimum Gasteiger partial charge on any atom is -0.395 e. The molecule has 8 heteroatoms. The third-order valence-corrected chi connectivity index (χ3v) is 3.85. The molecule has 1 amide bonds. The van der Waals surface area contributed by atoms with Gasteiger partial charge in [0, 0.05) is 20.0 Å². The van der Waals surface area contributed by atoms with E-state index >= 15 is 0 Å². The molecule has 0 fully saturated rings. The second kappa shape index (κ2) is 5.19. The predicted molar refractivity (Wildman–Crippen MR) is 76.5 cm³/mol. The minimum atomic E-state index is -0.209. The van der Waals surface area contributed by atoms with E-state index in [1.807, 2.05) is 6.92 Å². The number of hydrogen-bond acceptors (Lipinski definition) is 5. The molecule has 3 rings (SSSR count). The molecule has 8 nitrogen and oxygen atoms in total. The standard InChI is InChI=1S/C13H19N7O/c1-3-8-11(14)12(18-15-8)13(21)19(2)7-10-17-16-9-5-4-6-20(9)10/h3-7,14H2,1-2H3,(H,15,18). The van der Waals surface area contributed by atoms with E-state index in [1.165, 1.54) is 0 Å². The van der Waals surface area contributed by atoms with Gasteiger partial charge in [-0.25, -0.2) is 0 Å². The highest BCUT2D eigenvalue weighted by Crippen LogP contribution is 2.18. The number of carbonyl (C=O) groups excluding carboxylic acids is 1. The number of nitrogens with zero attached hydrogens (tertiary/aromatic N) is 5. The third kappa shape index (κ3) is 2.26. The molecule has 3 heterocycles. The highest BCUT2D eigenvalue weighted by atomic mass is 16.2. The Labute approximate surface area is 122 Å². The number of aromatic amines is 1. The minimum absolute atomic E-state index is 0.209. The lowest BCUT2D eigenvalue weighted by Crippen LogP contribution is -2.28. The fourth-order valence-corrected chi connectivity index (χ4v) is 2.61. The van der Waals surface area contributed by atoms with Crippen LogP contribution in [0.5, 0.6) is 0 Å². The van der Waals surface area contributed by atoms with Crippen molar-refractivity contribution in [3.63, 3.8) is 0 Å². The second-order valence-electron chi connectivity index (χ2n) is 5.27. The number of anilines is 1. The van der Waals surface area contributed by atoms with Crippen LogP contribution in [0, 0.1) is 0 Å². The van der Waals surface area contributed by atoms with Gasteiger partial charge in [-0.1, -0.05) is 6.92 Å². The van der Waals surface area contributed by atoms with Gasteiger partial charge in [-0.2, -0.15) is 5.10 Å². The van der Waals surface area contributed by atoms with Crippen molar-refractivity contribution in [2.75, 3.05) is 12.8 Å². The maximum absolute atomic E-state index is 12.4. The van der Waals surface area contributed by atoms with Crippen molar-refractivity contribution >= 4 is 11.6 Å². The number of nitrogens with two attached hydrogens (primary N) is 1. The van der Waals surface area contributed by atoms with Crippen LogP contribution >= 0.6 is 0 Å². The van der Waals surface area contributed by atoms with Gasteiger partial charge in [-0.3, -0.25) is 9.89 Å². The summed E-state index contributed by atoms with van der Waals surface area (Å²) >= 11 is 0. The van der Waals surface area contributed by atoms with Crippen LogP contribution in [0.4, 0.5) is 5.69 Å². The number of rotatable bonds is 4. The maximum atomic E-state index is 12.4. The summed E-state index contributed by atoms with van der Waals surface area (Å²) in [5, 5.41) is 15.1. The van der Waals surface area contributed by atoms with Gasteiger partial charge in [-0.15, -0.1) is 10.2 Å². The molecule has 0 aliphatic carbocycles. The number of carbonyl (C=O) groups is 1. The highest BCUT2D eigenvalue weighted by Gasteiger charge is 2.23. The van der Waals surface area contributed by atoms with E-state index in [1.54, 1.807) is 11.9 Å². The highest BCUT2D eigenvalue weighted by molar-refractivity contribution is 5.97. The van der Waals surface area contributed by atoms with E-state index in [9.17, 15) is 4.79 Å². The lowest BCUT2D eigenvalue weighted by Gasteiger charge is -2.15. The van der Waals surface area contributed by atoms with Crippen LogP contribution in [0.2, 0.25) is 0 Å². The third-order valence-electron chi connectivity index (χ3n) is 3.85. The number of aryl methyl sites for hydroxylation is 2. The van der Waals surface area contributed by atoms with Crippen LogP contribution in [0.15, 0.2) is 0 Å². The van der Waals surface area contributed by atoms with Crippen molar-refractivity contribution in [1.29, 1.82) is 0 Å². The topological polar surface area (TPSA) is 106 Å². The molecule has 0 radical (unpaired) electrons. The molecule has 0 saturated carbocycles. The number of amides is 1. The summed E-state index contributed by atoms with van der Waals surface area (Å²) in [6.45, 7) is 3.28. The van der Waals surface area contributed by atoms with Crippen LogP contribution in [-0.4, -0.2) is 42.8 Å². The van der Waals surface area contributed by atoms with Crippen molar-refractivity contribution in [3.8, 4) is 0 Å². The van der Waals surface area contributed by atoms with Gasteiger partial charge in [0.25, 0.3) is 5.91 Å². The van der Waals surface area contributed by atoms with Crippen LogP contribution in [0.1, 0.15) is 41.2 Å². The van der Waals surface area contributed by atoms with Crippen LogP contribution in [0.25, 0.3) is 0 Å². The summed E-state index contributed by atoms with van der Waals surface area (Å²) in [5.41, 5.74) is 7.43. The van der Waals surface area contributed by atoms with Crippen molar-refractivity contribution in [2.24, 2.45) is 0 Å². The number of nitrogens with one attached hydrogen (secondary N) is 1. The van der Waals surface area contributed by atoms with Crippen LogP contribution in [0.3, 0.4) is 0 Å². The Kier molecular flexibility index (Phi) is 3.36. The van der Waals surface area contributed by atoms with E-state index in [0.29, 0.717) is 18.7 Å². The molecule has 3 N–H and O–H groups in total. The molecule has 0 bridgehead atoms. The molecule has 0 atom stereocenters. The molecule has 0 aromatic carbocycles. The number of H-pyrrole nitrogens is 1. The first-order chi connectivity index (χ1) is 10.1. The lowest BCUT2D eigenvalue weighted by molar-refractivity contribution is 0.0775. The number of fused-ring (bicyclic) bond motifs is 1. The zero-order valence-electron chi connectivity index (χ0n) is 12.3. The maximum Gasteiger partial charge on any atom is 0.276 e. The summed E-state index contributed by atoms with van der Waals surface area (Å²) in [6, 6.07) is 0. The Hall–Kier alpha value is -2.38. The SMILES string of the molecule is CCc1[nH]nc(C(=O)N(C)Cc2nnc3n2CCC3)c1N. The Morgan fingerprint density at radius 2 is 2.29 bits per heavy atom. The zero-order chi connectivity index (χ0) is 15.0. The number of nitrogen functional groups attached to an aromatic ring is 1. The average Bonchev–Trinajstić information content (AvgIpc) is 3.15. The largest absolute Gasteiger partial charge is 0.395 e. The van der Waals surface area contributed by atoms with Crippen molar-refractivity contribution in [1.82, 2.24) is 29.9 Å². The van der Waals surface area contributed by atoms with Crippen molar-refractivity contribution in [3.05, 3.63) is 23.0 Å². The van der Waals surface area contributed by atoms with Gasteiger partial charge in [0.15, 0.2) is 11.5 Å². The van der Waals surface area contributed by atoms with Gasteiger partial charge in [0.1, 0.15) is 5.82 Å². The molecule has 21 heavy (non-hydrogen) atoms. The van der Waals surface area contributed by atoms with Gasteiger partial charge >= 0.3 is 0 Å². The Morgan fingerprint density at radius 1 is 1.48 bits per heavy atom. The second-order valence-corrected chi connectivity index (χ2v) is 5.27. The van der Waals surface area contributed by atoms with Crippen molar-refractivity contribution in [2.45, 2.75) is 39.3 Å². The van der Waals surface area contributed by atoms with Crippen molar-refractivity contribution < 1.29 is 4.79 Å². The van der Waals surface area contributed by atoms with E-state index in [-0.39, 0.29) is 11.6 Å². The molecular formula is C13H19N7O. The van der Waals surface area contributed by atoms with Crippen LogP contribution < -0.4 is 5.73 Å². The molecule has 1 aliphatic rings. The molecule has 2 aromatic rings. The monoisotopic (exact) mass is 289 g/mol. The van der Waals surface area contributed by atoms with E-state index in [2.05, 4.69) is 25.0 Å². The average molecular weight is 289 g/mol. The predicted octanol–water partition coefficient (Wildman–Crippen LogP) is 0.364. The lowest BCUT2D eigenvalue weighted by atomic mass is 10.2. The first-order valence-electron chi connectivity index (χ1n) is 7.11. The zero-order valence-corrected chi connectivity index (χ0v) is 12.3. The molecular weight excluding hydrogens is 270 g/mol. The molecule has 2 aromatic heterocycles. The molecule has 112 valence electrons. The fraction of sp³-hybridized carbons (Fsp3) is 0.538. The fourth-order valence-electron chi connectivity index (χ4n) is 2.61. The van der Waals surface area contributed by atoms with Gasteiger partial charge < -0.3 is 15.2 Å². The summed E-state index contributed by atoms with van der Waals surface area (Å²) in [7, 11) is 1.72. The Bertz CT molecular complexity index is 672. The van der Waals surface area contributed by atoms with Gasteiger partial charge in [0.2, 0.25) is 0 Å².